The monoisotopic (exact) mass is 669 g/mol. The van der Waals surface area contributed by atoms with E-state index in [4.69, 9.17) is 23.7 Å². The lowest BCUT2D eigenvalue weighted by molar-refractivity contribution is -0.151. The first-order chi connectivity index (χ1) is 23.4. The summed E-state index contributed by atoms with van der Waals surface area (Å²) in [7, 11) is 0. The largest absolute Gasteiger partial charge is 0.465 e. The summed E-state index contributed by atoms with van der Waals surface area (Å²) in [5, 5.41) is 9.88. The quantitative estimate of drug-likeness (QED) is 0.0481. The average molecular weight is 670 g/mol. The Morgan fingerprint density at radius 3 is 1.62 bits per heavy atom. The molecule has 11 nitrogen and oxygen atoms in total. The molecule has 0 aromatic heterocycles. The molecular weight excluding hydrogens is 614 g/mol. The van der Waals surface area contributed by atoms with Crippen LogP contribution in [0.3, 0.4) is 0 Å². The second-order valence-corrected chi connectivity index (χ2v) is 11.3. The predicted octanol–water partition coefficient (Wildman–Crippen LogP) is 5.87. The van der Waals surface area contributed by atoms with Gasteiger partial charge in [0.2, 0.25) is 0 Å². The van der Waals surface area contributed by atoms with Gasteiger partial charge in [0.25, 0.3) is 0 Å². The van der Waals surface area contributed by atoms with Crippen LogP contribution in [0.15, 0.2) is 60.7 Å². The number of hydrogen-bond donors (Lipinski definition) is 3. The molecule has 3 N–H and O–H groups in total. The average Bonchev–Trinajstić information content (AvgIpc) is 3.10. The predicted molar refractivity (Wildman–Crippen MR) is 189 cm³/mol. The van der Waals surface area contributed by atoms with Crippen molar-refractivity contribution in [3.8, 4) is 0 Å². The van der Waals surface area contributed by atoms with Crippen LogP contribution in [0.25, 0.3) is 0 Å². The third kappa shape index (κ3) is 16.3. The van der Waals surface area contributed by atoms with Crippen LogP contribution >= 0.6 is 0 Å². The van der Waals surface area contributed by atoms with E-state index >= 15 is 0 Å². The number of hydrogen-bond acceptors (Lipinski definition) is 11. The highest BCUT2D eigenvalue weighted by atomic mass is 16.5. The molecular formula is C37H55N3O8. The zero-order valence-corrected chi connectivity index (χ0v) is 29.1. The summed E-state index contributed by atoms with van der Waals surface area (Å²) in [6.45, 7) is 13.0. The van der Waals surface area contributed by atoms with E-state index in [1.807, 2.05) is 43.3 Å². The lowest BCUT2D eigenvalue weighted by atomic mass is 9.88. The first-order valence-corrected chi connectivity index (χ1v) is 17.0. The third-order valence-corrected chi connectivity index (χ3v) is 7.49. The first kappa shape index (κ1) is 40.2. The van der Waals surface area contributed by atoms with Gasteiger partial charge in [0.1, 0.15) is 6.61 Å². The van der Waals surface area contributed by atoms with Crippen LogP contribution in [0.2, 0.25) is 0 Å². The maximum absolute atomic E-state index is 12.5. The second-order valence-electron chi connectivity index (χ2n) is 11.3. The number of carbonyl (C=O) groups is 3. The summed E-state index contributed by atoms with van der Waals surface area (Å²) in [4.78, 5) is 36.2. The lowest BCUT2D eigenvalue weighted by Gasteiger charge is -2.32. The zero-order valence-electron chi connectivity index (χ0n) is 29.1. The van der Waals surface area contributed by atoms with Gasteiger partial charge < -0.3 is 39.6 Å². The minimum atomic E-state index is -0.471. The molecule has 0 heterocycles. The molecule has 0 atom stereocenters. The Morgan fingerprint density at radius 2 is 1.19 bits per heavy atom. The van der Waals surface area contributed by atoms with Gasteiger partial charge in [0.15, 0.2) is 0 Å². The molecule has 0 aliphatic heterocycles. The van der Waals surface area contributed by atoms with Crippen molar-refractivity contribution in [3.63, 3.8) is 0 Å². The summed E-state index contributed by atoms with van der Waals surface area (Å²) in [5.74, 6) is -0.913. The number of ether oxygens (including phenoxy) is 5. The number of esters is 3. The van der Waals surface area contributed by atoms with E-state index in [0.29, 0.717) is 76.9 Å². The van der Waals surface area contributed by atoms with Gasteiger partial charge in [0.05, 0.1) is 49.4 Å². The fourth-order valence-corrected chi connectivity index (χ4v) is 4.50. The van der Waals surface area contributed by atoms with Crippen LogP contribution < -0.4 is 16.0 Å². The van der Waals surface area contributed by atoms with Crippen molar-refractivity contribution >= 4 is 29.3 Å². The first-order valence-electron chi connectivity index (χ1n) is 17.0. The Bertz CT molecular complexity index is 1140. The minimum absolute atomic E-state index is 0.216. The van der Waals surface area contributed by atoms with Gasteiger partial charge in [-0.25, -0.2) is 9.59 Å². The smallest absolute Gasteiger partial charge is 0.338 e. The zero-order chi connectivity index (χ0) is 34.9. The van der Waals surface area contributed by atoms with E-state index in [-0.39, 0.29) is 30.9 Å². The molecule has 0 bridgehead atoms. The molecule has 0 spiro atoms. The molecule has 2 rings (SSSR count). The summed E-state index contributed by atoms with van der Waals surface area (Å²) < 4.78 is 28.0. The van der Waals surface area contributed by atoms with Crippen molar-refractivity contribution in [3.05, 3.63) is 71.8 Å². The summed E-state index contributed by atoms with van der Waals surface area (Å²) in [6, 6.07) is 14.4. The van der Waals surface area contributed by atoms with Crippen LogP contribution in [0, 0.1) is 5.41 Å². The molecule has 0 unspecified atom stereocenters. The van der Waals surface area contributed by atoms with Crippen molar-refractivity contribution < 1.29 is 38.1 Å². The van der Waals surface area contributed by atoms with E-state index in [1.165, 1.54) is 0 Å². The molecule has 0 fully saturated rings. The minimum Gasteiger partial charge on any atom is -0.465 e. The molecule has 0 aliphatic carbocycles. The maximum Gasteiger partial charge on any atom is 0.338 e. The van der Waals surface area contributed by atoms with Gasteiger partial charge >= 0.3 is 17.9 Å². The Hall–Kier alpha value is -3.93. The molecule has 0 radical (unpaired) electrons. The van der Waals surface area contributed by atoms with Crippen LogP contribution in [-0.4, -0.2) is 90.3 Å². The van der Waals surface area contributed by atoms with Crippen molar-refractivity contribution in [1.29, 1.82) is 0 Å². The van der Waals surface area contributed by atoms with Crippen molar-refractivity contribution in [2.45, 2.75) is 53.4 Å². The summed E-state index contributed by atoms with van der Waals surface area (Å²) in [6.07, 6.45) is 6.50. The number of nitrogens with one attached hydrogen (secondary N) is 3. The lowest BCUT2D eigenvalue weighted by Crippen LogP contribution is -2.38. The highest BCUT2D eigenvalue weighted by Crippen LogP contribution is 2.25. The number of benzene rings is 2. The molecule has 0 saturated carbocycles. The van der Waals surface area contributed by atoms with Gasteiger partial charge in [-0.1, -0.05) is 19.1 Å². The van der Waals surface area contributed by atoms with E-state index in [2.05, 4.69) is 22.9 Å². The molecule has 11 heteroatoms. The summed E-state index contributed by atoms with van der Waals surface area (Å²) in [5.41, 5.74) is 2.39. The van der Waals surface area contributed by atoms with Crippen molar-refractivity contribution in [2.24, 2.45) is 5.41 Å². The van der Waals surface area contributed by atoms with E-state index in [9.17, 15) is 14.4 Å². The Balaban J connectivity index is 1.80. The molecule has 48 heavy (non-hydrogen) atoms. The molecule has 2 aromatic carbocycles. The van der Waals surface area contributed by atoms with Crippen molar-refractivity contribution in [1.82, 2.24) is 5.32 Å². The Morgan fingerprint density at radius 1 is 0.688 bits per heavy atom. The van der Waals surface area contributed by atoms with Crippen LogP contribution in [0.4, 0.5) is 11.4 Å². The van der Waals surface area contributed by atoms with Crippen molar-refractivity contribution in [2.75, 3.05) is 83.1 Å². The Labute approximate surface area is 286 Å². The third-order valence-electron chi connectivity index (χ3n) is 7.49. The highest BCUT2D eigenvalue weighted by molar-refractivity contribution is 5.90. The SMILES string of the molecule is CC=CCNCCC(=O)OCC(CC)(COCCCNc1ccc(C(=O)OCC)cc1)COCCCNc1ccc(C(=O)OCC)cc1. The standard InChI is InChI=1S/C37H55N3O8/c1-5-9-21-38-24-20-34(41)48-29-37(6-2,27-44-25-10-22-39-32-16-12-30(13-17-32)35(42)46-7-3)28-45-26-11-23-40-33-18-14-31(15-19-33)36(43)47-8-4/h5,9,12-19,38-40H,6-8,10-11,20-29H2,1-4H3. The molecule has 0 saturated heterocycles. The van der Waals surface area contributed by atoms with Gasteiger partial charge in [0, 0.05) is 50.8 Å². The van der Waals surface area contributed by atoms with Crippen LogP contribution in [0.1, 0.15) is 74.1 Å². The number of rotatable bonds is 26. The highest BCUT2D eigenvalue weighted by Gasteiger charge is 2.31. The van der Waals surface area contributed by atoms with Crippen LogP contribution in [-0.2, 0) is 28.5 Å². The second kappa shape index (κ2) is 24.2. The van der Waals surface area contributed by atoms with Gasteiger partial charge in [-0.2, -0.15) is 0 Å². The van der Waals surface area contributed by atoms with Gasteiger partial charge in [-0.05, 0) is 88.6 Å². The topological polar surface area (TPSA) is 133 Å². The van der Waals surface area contributed by atoms with E-state index < -0.39 is 5.41 Å². The number of allylic oxidation sites excluding steroid dienone is 1. The molecule has 0 amide bonds. The normalized spacial score (nSPS) is 11.3. The van der Waals surface area contributed by atoms with Gasteiger partial charge in [-0.15, -0.1) is 0 Å². The number of anilines is 2. The van der Waals surface area contributed by atoms with E-state index in [1.54, 1.807) is 38.1 Å². The molecule has 266 valence electrons. The van der Waals surface area contributed by atoms with Crippen LogP contribution in [0.5, 0.6) is 0 Å². The summed E-state index contributed by atoms with van der Waals surface area (Å²) >= 11 is 0. The molecule has 0 aliphatic rings. The fraction of sp³-hybridized carbons (Fsp3) is 0.541. The number of carbonyl (C=O) groups excluding carboxylic acids is 3. The molecule has 2 aromatic rings. The maximum atomic E-state index is 12.5. The van der Waals surface area contributed by atoms with Gasteiger partial charge in [-0.3, -0.25) is 4.79 Å². The van der Waals surface area contributed by atoms with E-state index in [0.717, 1.165) is 30.6 Å². The Kier molecular flexibility index (Phi) is 20.3. The fourth-order valence-electron chi connectivity index (χ4n) is 4.50.